The second kappa shape index (κ2) is 6.48. The lowest BCUT2D eigenvalue weighted by Crippen LogP contribution is -2.36. The molecule has 1 saturated carbocycles. The summed E-state index contributed by atoms with van der Waals surface area (Å²) in [7, 11) is 0. The van der Waals surface area contributed by atoms with Crippen LogP contribution in [0.4, 0.5) is 0 Å². The zero-order valence-electron chi connectivity index (χ0n) is 11.2. The molecule has 100 valence electrons. The summed E-state index contributed by atoms with van der Waals surface area (Å²) in [6, 6.07) is 8.53. The Bertz CT molecular complexity index is 365. The highest BCUT2D eigenvalue weighted by Gasteiger charge is 2.28. The lowest BCUT2D eigenvalue weighted by molar-refractivity contribution is 0.462. The third-order valence-electron chi connectivity index (χ3n) is 3.69. The first kappa shape index (κ1) is 13.8. The fraction of sp³-hybridized carbons (Fsp3) is 0.600. The van der Waals surface area contributed by atoms with Crippen molar-refractivity contribution in [3.63, 3.8) is 0 Å². The average molecular weight is 265 g/mol. The Morgan fingerprint density at radius 3 is 2.72 bits per heavy atom. The smallest absolute Gasteiger partial charge is 0.115 e. The van der Waals surface area contributed by atoms with E-state index in [1.54, 1.807) is 12.1 Å². The molecule has 3 heteroatoms. The molecule has 18 heavy (non-hydrogen) atoms. The summed E-state index contributed by atoms with van der Waals surface area (Å²) < 4.78 is 0. The number of aromatic hydroxyl groups is 1. The van der Waals surface area contributed by atoms with Gasteiger partial charge >= 0.3 is 0 Å². The molecule has 0 bridgehead atoms. The molecule has 2 nitrogen and oxygen atoms in total. The van der Waals surface area contributed by atoms with Crippen molar-refractivity contribution < 1.29 is 5.11 Å². The number of nitrogens with one attached hydrogen (secondary N) is 1. The van der Waals surface area contributed by atoms with Gasteiger partial charge in [0.25, 0.3) is 0 Å². The van der Waals surface area contributed by atoms with Crippen molar-refractivity contribution in [3.8, 4) is 5.75 Å². The largest absolute Gasteiger partial charge is 0.508 e. The van der Waals surface area contributed by atoms with Gasteiger partial charge in [0, 0.05) is 17.3 Å². The van der Waals surface area contributed by atoms with E-state index in [-0.39, 0.29) is 0 Å². The quantitative estimate of drug-likeness (QED) is 0.851. The van der Waals surface area contributed by atoms with Crippen molar-refractivity contribution in [2.24, 2.45) is 0 Å². The minimum Gasteiger partial charge on any atom is -0.508 e. The highest BCUT2D eigenvalue weighted by Crippen LogP contribution is 2.31. The standard InChI is InChI=1S/C15H23NOS/c1-3-18-15-6-4-5-14(15)16-11(2)12-7-9-13(17)10-8-12/h7-11,14-17H,3-6H2,1-2H3. The van der Waals surface area contributed by atoms with Gasteiger partial charge in [0.1, 0.15) is 5.75 Å². The molecule has 1 aliphatic carbocycles. The lowest BCUT2D eigenvalue weighted by Gasteiger charge is -2.25. The van der Waals surface area contributed by atoms with Gasteiger partial charge in [-0.15, -0.1) is 0 Å². The maximum atomic E-state index is 9.31. The number of hydrogen-bond acceptors (Lipinski definition) is 3. The summed E-state index contributed by atoms with van der Waals surface area (Å²) >= 11 is 2.08. The van der Waals surface area contributed by atoms with Crippen molar-refractivity contribution >= 4 is 11.8 Å². The van der Waals surface area contributed by atoms with Crippen molar-refractivity contribution in [2.45, 2.75) is 50.4 Å². The Kier molecular flexibility index (Phi) is 4.95. The summed E-state index contributed by atoms with van der Waals surface area (Å²) in [4.78, 5) is 0. The molecule has 0 radical (unpaired) electrons. The van der Waals surface area contributed by atoms with Crippen molar-refractivity contribution in [3.05, 3.63) is 29.8 Å². The molecule has 1 aromatic carbocycles. The van der Waals surface area contributed by atoms with Crippen LogP contribution in [0.25, 0.3) is 0 Å². The maximum Gasteiger partial charge on any atom is 0.115 e. The van der Waals surface area contributed by atoms with Crippen molar-refractivity contribution in [1.29, 1.82) is 0 Å². The van der Waals surface area contributed by atoms with Crippen LogP contribution in [0.15, 0.2) is 24.3 Å². The fourth-order valence-electron chi connectivity index (χ4n) is 2.71. The van der Waals surface area contributed by atoms with E-state index < -0.39 is 0 Å². The first-order valence-corrected chi connectivity index (χ1v) is 7.92. The molecule has 1 fully saturated rings. The van der Waals surface area contributed by atoms with Crippen LogP contribution in [-0.4, -0.2) is 22.2 Å². The van der Waals surface area contributed by atoms with Gasteiger partial charge < -0.3 is 10.4 Å². The monoisotopic (exact) mass is 265 g/mol. The molecule has 1 aromatic rings. The van der Waals surface area contributed by atoms with E-state index in [9.17, 15) is 5.11 Å². The first-order valence-electron chi connectivity index (χ1n) is 6.87. The van der Waals surface area contributed by atoms with Gasteiger partial charge in [-0.25, -0.2) is 0 Å². The third kappa shape index (κ3) is 3.42. The average Bonchev–Trinajstić information content (AvgIpc) is 2.78. The van der Waals surface area contributed by atoms with E-state index in [0.717, 1.165) is 5.25 Å². The molecule has 0 spiro atoms. The van der Waals surface area contributed by atoms with Crippen LogP contribution in [0.1, 0.15) is 44.7 Å². The zero-order valence-corrected chi connectivity index (χ0v) is 12.0. The Hall–Kier alpha value is -0.670. The molecule has 1 aliphatic rings. The molecule has 3 atom stereocenters. The lowest BCUT2D eigenvalue weighted by atomic mass is 10.1. The minimum absolute atomic E-state index is 0.339. The normalized spacial score (nSPS) is 25.2. The number of thioether (sulfide) groups is 1. The van der Waals surface area contributed by atoms with E-state index in [1.807, 2.05) is 12.1 Å². The summed E-state index contributed by atoms with van der Waals surface area (Å²) in [5.74, 6) is 1.54. The topological polar surface area (TPSA) is 32.3 Å². The van der Waals surface area contributed by atoms with Crippen LogP contribution in [0.5, 0.6) is 5.75 Å². The molecular weight excluding hydrogens is 242 g/mol. The van der Waals surface area contributed by atoms with Crippen LogP contribution in [-0.2, 0) is 0 Å². The number of hydrogen-bond donors (Lipinski definition) is 2. The van der Waals surface area contributed by atoms with Crippen molar-refractivity contribution in [1.82, 2.24) is 5.32 Å². The second-order valence-electron chi connectivity index (χ2n) is 5.01. The highest BCUT2D eigenvalue weighted by molar-refractivity contribution is 7.99. The van der Waals surface area contributed by atoms with E-state index in [4.69, 9.17) is 0 Å². The fourth-order valence-corrected chi connectivity index (χ4v) is 3.92. The van der Waals surface area contributed by atoms with E-state index in [1.165, 1.54) is 30.6 Å². The van der Waals surface area contributed by atoms with Crippen LogP contribution in [0.2, 0.25) is 0 Å². The maximum absolute atomic E-state index is 9.31. The molecule has 2 N–H and O–H groups in total. The number of phenols is 1. The molecule has 0 heterocycles. The van der Waals surface area contributed by atoms with Crippen LogP contribution >= 0.6 is 11.8 Å². The van der Waals surface area contributed by atoms with Crippen LogP contribution in [0, 0.1) is 0 Å². The summed E-state index contributed by atoms with van der Waals surface area (Å²) in [6.07, 6.45) is 3.98. The Morgan fingerprint density at radius 2 is 2.06 bits per heavy atom. The van der Waals surface area contributed by atoms with Gasteiger partial charge in [-0.05, 0) is 43.2 Å². The van der Waals surface area contributed by atoms with E-state index in [2.05, 4.69) is 30.9 Å². The predicted molar refractivity (Wildman–Crippen MR) is 79.2 cm³/mol. The van der Waals surface area contributed by atoms with E-state index in [0.29, 0.717) is 17.8 Å². The Morgan fingerprint density at radius 1 is 1.33 bits per heavy atom. The Balaban J connectivity index is 1.94. The SMILES string of the molecule is CCSC1CCCC1NC(C)c1ccc(O)cc1. The molecule has 3 unspecified atom stereocenters. The number of rotatable bonds is 5. The number of benzene rings is 1. The molecule has 0 saturated heterocycles. The van der Waals surface area contributed by atoms with Gasteiger partial charge in [0.15, 0.2) is 0 Å². The van der Waals surface area contributed by atoms with Crippen LogP contribution in [0.3, 0.4) is 0 Å². The van der Waals surface area contributed by atoms with Gasteiger partial charge in [0.05, 0.1) is 0 Å². The molecule has 0 amide bonds. The molecule has 0 aromatic heterocycles. The molecule has 0 aliphatic heterocycles. The first-order chi connectivity index (χ1) is 8.70. The zero-order chi connectivity index (χ0) is 13.0. The van der Waals surface area contributed by atoms with Crippen molar-refractivity contribution in [2.75, 3.05) is 5.75 Å². The third-order valence-corrected chi connectivity index (χ3v) is 5.02. The van der Waals surface area contributed by atoms with Gasteiger partial charge in [-0.1, -0.05) is 25.5 Å². The molecule has 2 rings (SSSR count). The summed E-state index contributed by atoms with van der Waals surface area (Å²) in [5.41, 5.74) is 1.25. The van der Waals surface area contributed by atoms with Gasteiger partial charge in [0.2, 0.25) is 0 Å². The molecular formula is C15H23NOS. The number of phenolic OH excluding ortho intramolecular Hbond substituents is 1. The van der Waals surface area contributed by atoms with E-state index >= 15 is 0 Å². The predicted octanol–water partition coefficient (Wildman–Crippen LogP) is 3.72. The minimum atomic E-state index is 0.339. The second-order valence-corrected chi connectivity index (χ2v) is 6.53. The summed E-state index contributed by atoms with van der Waals surface area (Å²) in [5, 5.41) is 13.8. The highest BCUT2D eigenvalue weighted by atomic mass is 32.2. The van der Waals surface area contributed by atoms with Crippen LogP contribution < -0.4 is 5.32 Å². The van der Waals surface area contributed by atoms with Gasteiger partial charge in [-0.3, -0.25) is 0 Å². The Labute approximate surface area is 114 Å². The summed E-state index contributed by atoms with van der Waals surface area (Å²) in [6.45, 7) is 4.45. The van der Waals surface area contributed by atoms with Gasteiger partial charge in [-0.2, -0.15) is 11.8 Å².